The number of carbonyl (C=O) groups is 1. The summed E-state index contributed by atoms with van der Waals surface area (Å²) in [5.41, 5.74) is 7.55. The van der Waals surface area contributed by atoms with Crippen LogP contribution >= 0.6 is 12.2 Å². The van der Waals surface area contributed by atoms with Crippen molar-refractivity contribution in [3.8, 4) is 0 Å². The third kappa shape index (κ3) is 5.81. The third-order valence-electron chi connectivity index (χ3n) is 2.65. The maximum Gasteiger partial charge on any atom is 0.234 e. The highest BCUT2D eigenvalue weighted by Gasteiger charge is 2.07. The zero-order chi connectivity index (χ0) is 14.3. The van der Waals surface area contributed by atoms with E-state index in [1.807, 2.05) is 43.1 Å². The van der Waals surface area contributed by atoms with E-state index >= 15 is 0 Å². The number of hydrogen-bond donors (Lipinski definition) is 2. The molecular weight excluding hydrogens is 258 g/mol. The number of thiocarbonyl (C=S) groups is 1. The first-order valence-electron chi connectivity index (χ1n) is 6.37. The quantitative estimate of drug-likeness (QED) is 0.738. The highest BCUT2D eigenvalue weighted by Crippen LogP contribution is 2.07. The van der Waals surface area contributed by atoms with Crippen LogP contribution in [-0.2, 0) is 11.3 Å². The molecule has 3 N–H and O–H groups in total. The van der Waals surface area contributed by atoms with Crippen molar-refractivity contribution in [1.29, 1.82) is 0 Å². The number of nitrogens with two attached hydrogens (primary N) is 1. The number of carbonyl (C=O) groups excluding carboxylic acids is 1. The minimum Gasteiger partial charge on any atom is -0.389 e. The van der Waals surface area contributed by atoms with Gasteiger partial charge in [-0.25, -0.2) is 0 Å². The van der Waals surface area contributed by atoms with Gasteiger partial charge in [-0.15, -0.1) is 0 Å². The van der Waals surface area contributed by atoms with E-state index in [1.165, 1.54) is 0 Å². The Morgan fingerprint density at radius 2 is 2.21 bits per heavy atom. The van der Waals surface area contributed by atoms with E-state index in [9.17, 15) is 4.79 Å². The summed E-state index contributed by atoms with van der Waals surface area (Å²) in [6.07, 6.45) is 0.950. The molecule has 0 aliphatic carbocycles. The summed E-state index contributed by atoms with van der Waals surface area (Å²) in [6.45, 7) is 3.84. The summed E-state index contributed by atoms with van der Waals surface area (Å²) in [4.78, 5) is 13.9. The van der Waals surface area contributed by atoms with E-state index < -0.39 is 0 Å². The third-order valence-corrected chi connectivity index (χ3v) is 2.89. The second kappa shape index (κ2) is 7.86. The van der Waals surface area contributed by atoms with E-state index in [-0.39, 0.29) is 5.91 Å². The standard InChI is InChI=1S/C14H21N3OS/c1-3-7-16-13(18)10-17(2)9-11-5-4-6-12(8-11)14(15)19/h4-6,8H,3,7,9-10H2,1-2H3,(H2,15,19)(H,16,18). The molecular formula is C14H21N3OS. The average Bonchev–Trinajstić information content (AvgIpc) is 2.36. The summed E-state index contributed by atoms with van der Waals surface area (Å²) in [7, 11) is 1.92. The highest BCUT2D eigenvalue weighted by atomic mass is 32.1. The molecule has 1 aromatic rings. The topological polar surface area (TPSA) is 58.4 Å². The lowest BCUT2D eigenvalue weighted by atomic mass is 10.1. The van der Waals surface area contributed by atoms with Gasteiger partial charge in [0, 0.05) is 18.7 Å². The summed E-state index contributed by atoms with van der Waals surface area (Å²) in [5.74, 6) is 0.0508. The van der Waals surface area contributed by atoms with Crippen LogP contribution in [-0.4, -0.2) is 35.9 Å². The molecule has 1 rings (SSSR count). The van der Waals surface area contributed by atoms with Gasteiger partial charge < -0.3 is 11.1 Å². The van der Waals surface area contributed by atoms with Gasteiger partial charge in [-0.1, -0.05) is 37.3 Å². The molecule has 0 aliphatic heterocycles. The number of hydrogen-bond acceptors (Lipinski definition) is 3. The first-order chi connectivity index (χ1) is 9.02. The molecule has 19 heavy (non-hydrogen) atoms. The zero-order valence-corrected chi connectivity index (χ0v) is 12.3. The van der Waals surface area contributed by atoms with E-state index in [4.69, 9.17) is 18.0 Å². The van der Waals surface area contributed by atoms with Gasteiger partial charge >= 0.3 is 0 Å². The Balaban J connectivity index is 2.52. The van der Waals surface area contributed by atoms with Crippen LogP contribution in [0.4, 0.5) is 0 Å². The first kappa shape index (κ1) is 15.6. The molecule has 0 bridgehead atoms. The number of amides is 1. The van der Waals surface area contributed by atoms with Gasteiger partial charge in [-0.05, 0) is 25.1 Å². The second-order valence-corrected chi connectivity index (χ2v) is 5.03. The van der Waals surface area contributed by atoms with Gasteiger partial charge in [0.05, 0.1) is 6.54 Å². The van der Waals surface area contributed by atoms with E-state index in [0.717, 1.165) is 24.1 Å². The lowest BCUT2D eigenvalue weighted by Gasteiger charge is -2.16. The van der Waals surface area contributed by atoms with E-state index in [1.54, 1.807) is 0 Å². The number of nitrogens with zero attached hydrogens (tertiary/aromatic N) is 1. The molecule has 1 aromatic carbocycles. The minimum absolute atomic E-state index is 0.0508. The highest BCUT2D eigenvalue weighted by molar-refractivity contribution is 7.80. The summed E-state index contributed by atoms with van der Waals surface area (Å²) in [5, 5.41) is 2.86. The van der Waals surface area contributed by atoms with Crippen molar-refractivity contribution in [2.24, 2.45) is 5.73 Å². The van der Waals surface area contributed by atoms with Crippen LogP contribution in [0.1, 0.15) is 24.5 Å². The van der Waals surface area contributed by atoms with Gasteiger partial charge in [-0.2, -0.15) is 0 Å². The maximum absolute atomic E-state index is 11.6. The molecule has 0 aromatic heterocycles. The van der Waals surface area contributed by atoms with E-state index in [2.05, 4.69) is 5.32 Å². The van der Waals surface area contributed by atoms with Crippen molar-refractivity contribution in [1.82, 2.24) is 10.2 Å². The summed E-state index contributed by atoms with van der Waals surface area (Å²) >= 11 is 4.95. The average molecular weight is 279 g/mol. The Morgan fingerprint density at radius 1 is 1.47 bits per heavy atom. The van der Waals surface area contributed by atoms with Crippen LogP contribution in [0.5, 0.6) is 0 Å². The predicted molar refractivity (Wildman–Crippen MR) is 82.0 cm³/mol. The van der Waals surface area contributed by atoms with Crippen LogP contribution in [0.2, 0.25) is 0 Å². The van der Waals surface area contributed by atoms with Crippen molar-refractivity contribution < 1.29 is 4.79 Å². The molecule has 0 heterocycles. The summed E-state index contributed by atoms with van der Waals surface area (Å²) < 4.78 is 0. The SMILES string of the molecule is CCCNC(=O)CN(C)Cc1cccc(C(N)=S)c1. The molecule has 0 radical (unpaired) electrons. The molecule has 0 aliphatic rings. The fraction of sp³-hybridized carbons (Fsp3) is 0.429. The number of rotatable bonds is 7. The molecule has 0 atom stereocenters. The zero-order valence-electron chi connectivity index (χ0n) is 11.5. The Kier molecular flexibility index (Phi) is 6.45. The summed E-state index contributed by atoms with van der Waals surface area (Å²) in [6, 6.07) is 7.78. The van der Waals surface area contributed by atoms with Gasteiger partial charge in [0.1, 0.15) is 4.99 Å². The number of likely N-dealkylation sites (N-methyl/N-ethyl adjacent to an activating group) is 1. The Morgan fingerprint density at radius 3 is 2.84 bits per heavy atom. The molecule has 104 valence electrons. The van der Waals surface area contributed by atoms with Gasteiger partial charge in [0.2, 0.25) is 5.91 Å². The minimum atomic E-state index is 0.0508. The van der Waals surface area contributed by atoms with Crippen LogP contribution in [0.15, 0.2) is 24.3 Å². The van der Waals surface area contributed by atoms with Gasteiger partial charge in [0.15, 0.2) is 0 Å². The van der Waals surface area contributed by atoms with Gasteiger partial charge in [-0.3, -0.25) is 9.69 Å². The number of benzene rings is 1. The second-order valence-electron chi connectivity index (χ2n) is 4.59. The van der Waals surface area contributed by atoms with Crippen LogP contribution in [0.3, 0.4) is 0 Å². The van der Waals surface area contributed by atoms with Crippen molar-refractivity contribution in [2.45, 2.75) is 19.9 Å². The van der Waals surface area contributed by atoms with Crippen molar-refractivity contribution in [3.05, 3.63) is 35.4 Å². The van der Waals surface area contributed by atoms with Crippen molar-refractivity contribution in [3.63, 3.8) is 0 Å². The molecule has 0 saturated heterocycles. The molecule has 0 fully saturated rings. The van der Waals surface area contributed by atoms with Crippen LogP contribution in [0.25, 0.3) is 0 Å². The van der Waals surface area contributed by atoms with Crippen molar-refractivity contribution in [2.75, 3.05) is 20.1 Å². The fourth-order valence-corrected chi connectivity index (χ4v) is 1.88. The number of nitrogens with one attached hydrogen (secondary N) is 1. The largest absolute Gasteiger partial charge is 0.389 e. The Labute approximate surface area is 120 Å². The molecule has 5 heteroatoms. The van der Waals surface area contributed by atoms with Crippen LogP contribution < -0.4 is 11.1 Å². The predicted octanol–water partition coefficient (Wildman–Crippen LogP) is 1.28. The Bertz CT molecular complexity index is 448. The fourth-order valence-electron chi connectivity index (χ4n) is 1.76. The maximum atomic E-state index is 11.6. The smallest absolute Gasteiger partial charge is 0.234 e. The molecule has 0 spiro atoms. The van der Waals surface area contributed by atoms with Gasteiger partial charge in [0.25, 0.3) is 0 Å². The normalized spacial score (nSPS) is 10.5. The first-order valence-corrected chi connectivity index (χ1v) is 6.77. The monoisotopic (exact) mass is 279 g/mol. The van der Waals surface area contributed by atoms with E-state index in [0.29, 0.717) is 18.1 Å². The Hall–Kier alpha value is -1.46. The molecule has 1 amide bonds. The molecule has 0 saturated carbocycles. The molecule has 0 unspecified atom stereocenters. The lowest BCUT2D eigenvalue weighted by Crippen LogP contribution is -2.35. The van der Waals surface area contributed by atoms with Crippen molar-refractivity contribution >= 4 is 23.1 Å². The lowest BCUT2D eigenvalue weighted by molar-refractivity contribution is -0.122. The van der Waals surface area contributed by atoms with Crippen LogP contribution in [0, 0.1) is 0 Å². The molecule has 4 nitrogen and oxygen atoms in total.